The Kier molecular flexibility index (Phi) is 4.05. The molecule has 0 heterocycles. The third-order valence-corrected chi connectivity index (χ3v) is 1.89. The maximum atomic E-state index is 5.55. The molecule has 0 radical (unpaired) electrons. The number of rotatable bonds is 1. The molecule has 0 fully saturated rings. The van der Waals surface area contributed by atoms with Crippen LogP contribution in [0.15, 0.2) is 11.2 Å². The highest BCUT2D eigenvalue weighted by molar-refractivity contribution is 7.09. The molecular formula is C3H6Cl2Si. The summed E-state index contributed by atoms with van der Waals surface area (Å²) < 4.78 is 0. The fourth-order valence-corrected chi connectivity index (χ4v) is 1.40. The van der Waals surface area contributed by atoms with Gasteiger partial charge in [0.15, 0.2) is 8.11 Å². The van der Waals surface area contributed by atoms with Gasteiger partial charge in [0.05, 0.1) is 0 Å². The zero-order chi connectivity index (χ0) is 4.99. The quantitative estimate of drug-likeness (QED) is 0.386. The monoisotopic (exact) mass is 140 g/mol. The molecule has 6 heavy (non-hydrogen) atoms. The van der Waals surface area contributed by atoms with Crippen LogP contribution in [-0.4, -0.2) is 8.11 Å². The van der Waals surface area contributed by atoms with Crippen LogP contribution >= 0.6 is 22.7 Å². The van der Waals surface area contributed by atoms with Crippen molar-refractivity contribution in [2.75, 3.05) is 0 Å². The number of hydrogen-bond donors (Lipinski definition) is 0. The molecule has 0 aromatic heterocycles. The van der Waals surface area contributed by atoms with Crippen molar-refractivity contribution < 1.29 is 0 Å². The lowest BCUT2D eigenvalue weighted by Gasteiger charge is -1.79. The molecule has 0 aliphatic carbocycles. The first-order valence-electron chi connectivity index (χ1n) is 1.68. The average Bonchev–Trinajstić information content (AvgIpc) is 1.35. The van der Waals surface area contributed by atoms with E-state index in [0.29, 0.717) is 0 Å². The molecule has 0 bridgehead atoms. The Morgan fingerprint density at radius 2 is 2.17 bits per heavy atom. The maximum absolute atomic E-state index is 5.55. The molecule has 36 valence electrons. The van der Waals surface area contributed by atoms with E-state index in [0.717, 1.165) is 0 Å². The second-order valence-corrected chi connectivity index (χ2v) is 5.05. The van der Waals surface area contributed by atoms with Gasteiger partial charge in [-0.1, -0.05) is 23.8 Å². The second-order valence-electron chi connectivity index (χ2n) is 0.996. The fourth-order valence-electron chi connectivity index (χ4n) is 0.100. The lowest BCUT2D eigenvalue weighted by molar-refractivity contribution is 2.21. The van der Waals surface area contributed by atoms with Gasteiger partial charge in [0.2, 0.25) is 0 Å². The van der Waals surface area contributed by atoms with Crippen molar-refractivity contribution in [3.05, 3.63) is 11.2 Å². The SMILES string of the molecule is C[SiH](Cl)C=CCl. The van der Waals surface area contributed by atoms with Gasteiger partial charge >= 0.3 is 0 Å². The van der Waals surface area contributed by atoms with Crippen LogP contribution in [0.5, 0.6) is 0 Å². The van der Waals surface area contributed by atoms with Crippen LogP contribution in [0.1, 0.15) is 0 Å². The predicted octanol–water partition coefficient (Wildman–Crippen LogP) is 1.87. The van der Waals surface area contributed by atoms with Gasteiger partial charge in [0.25, 0.3) is 0 Å². The molecule has 0 aromatic carbocycles. The Balaban J connectivity index is 3.03. The summed E-state index contributed by atoms with van der Waals surface area (Å²) in [5, 5.41) is 0. The third kappa shape index (κ3) is 4.54. The topological polar surface area (TPSA) is 0 Å². The zero-order valence-electron chi connectivity index (χ0n) is 3.49. The van der Waals surface area contributed by atoms with E-state index >= 15 is 0 Å². The Hall–Kier alpha value is 0.537. The van der Waals surface area contributed by atoms with Crippen LogP contribution in [0.3, 0.4) is 0 Å². The maximum Gasteiger partial charge on any atom is 0.162 e. The minimum absolute atomic E-state index is 1.01. The molecule has 0 rings (SSSR count). The fraction of sp³-hybridized carbons (Fsp3) is 0.333. The van der Waals surface area contributed by atoms with Gasteiger partial charge in [0, 0.05) is 0 Å². The summed E-state index contributed by atoms with van der Waals surface area (Å²) in [5.74, 6) is 0. The first-order valence-corrected chi connectivity index (χ1v) is 5.68. The lowest BCUT2D eigenvalue weighted by Crippen LogP contribution is -1.85. The van der Waals surface area contributed by atoms with E-state index < -0.39 is 8.11 Å². The largest absolute Gasteiger partial charge is 0.166 e. The summed E-state index contributed by atoms with van der Waals surface area (Å²) in [6, 6.07) is 0. The average molecular weight is 141 g/mol. The molecule has 0 N–H and O–H groups in total. The van der Waals surface area contributed by atoms with Crippen LogP contribution < -0.4 is 0 Å². The van der Waals surface area contributed by atoms with Crippen molar-refractivity contribution in [2.45, 2.75) is 6.55 Å². The van der Waals surface area contributed by atoms with Crippen molar-refractivity contribution in [3.8, 4) is 0 Å². The van der Waals surface area contributed by atoms with Gasteiger partial charge in [-0.2, -0.15) is 11.1 Å². The molecule has 0 nitrogen and oxygen atoms in total. The Labute approximate surface area is 49.1 Å². The molecule has 0 saturated heterocycles. The Bertz CT molecular complexity index is 50.8. The van der Waals surface area contributed by atoms with Crippen LogP contribution in [0, 0.1) is 0 Å². The highest BCUT2D eigenvalue weighted by Gasteiger charge is 1.84. The first kappa shape index (κ1) is 6.54. The number of halogens is 2. The van der Waals surface area contributed by atoms with E-state index in [9.17, 15) is 0 Å². The Morgan fingerprint density at radius 1 is 1.67 bits per heavy atom. The van der Waals surface area contributed by atoms with E-state index in [1.807, 2.05) is 12.2 Å². The highest BCUT2D eigenvalue weighted by Crippen LogP contribution is 1.89. The molecule has 1 unspecified atom stereocenters. The summed E-state index contributed by atoms with van der Waals surface area (Å²) in [6.07, 6.45) is 0. The van der Waals surface area contributed by atoms with Crippen molar-refractivity contribution in [3.63, 3.8) is 0 Å². The summed E-state index contributed by atoms with van der Waals surface area (Å²) in [6.45, 7) is 1.99. The molecular weight excluding hydrogens is 135 g/mol. The van der Waals surface area contributed by atoms with Gasteiger partial charge in [-0.3, -0.25) is 0 Å². The number of hydrogen-bond acceptors (Lipinski definition) is 0. The summed E-state index contributed by atoms with van der Waals surface area (Å²) >= 11 is 10.7. The van der Waals surface area contributed by atoms with Gasteiger partial charge in [-0.25, -0.2) is 0 Å². The molecule has 0 aliphatic heterocycles. The Morgan fingerprint density at radius 3 is 2.17 bits per heavy atom. The predicted molar refractivity (Wildman–Crippen MR) is 33.9 cm³/mol. The second kappa shape index (κ2) is 3.72. The van der Waals surface area contributed by atoms with E-state index in [2.05, 4.69) is 0 Å². The molecule has 3 heteroatoms. The third-order valence-electron chi connectivity index (χ3n) is 0.338. The van der Waals surface area contributed by atoms with E-state index in [-0.39, 0.29) is 0 Å². The molecule has 0 aliphatic rings. The van der Waals surface area contributed by atoms with Crippen LogP contribution in [-0.2, 0) is 0 Å². The van der Waals surface area contributed by atoms with Gasteiger partial charge in [-0.15, -0.1) is 0 Å². The van der Waals surface area contributed by atoms with Gasteiger partial charge < -0.3 is 0 Å². The normalized spacial score (nSPS) is 15.8. The van der Waals surface area contributed by atoms with Crippen molar-refractivity contribution in [2.24, 2.45) is 0 Å². The van der Waals surface area contributed by atoms with Crippen LogP contribution in [0.4, 0.5) is 0 Å². The smallest absolute Gasteiger partial charge is 0.162 e. The minimum Gasteiger partial charge on any atom is -0.166 e. The highest BCUT2D eigenvalue weighted by atomic mass is 35.6. The minimum atomic E-state index is -1.01. The zero-order valence-corrected chi connectivity index (χ0v) is 6.15. The first-order chi connectivity index (χ1) is 2.77. The van der Waals surface area contributed by atoms with Gasteiger partial charge in [-0.05, 0) is 5.54 Å². The molecule has 0 aromatic rings. The van der Waals surface area contributed by atoms with Crippen LogP contribution in [0.2, 0.25) is 6.55 Å². The van der Waals surface area contributed by atoms with Crippen molar-refractivity contribution in [1.29, 1.82) is 0 Å². The molecule has 0 amide bonds. The standard InChI is InChI=1S/C3H6Cl2Si/c1-6(5)3-2-4/h2-3,6H,1H3. The lowest BCUT2D eigenvalue weighted by atomic mass is 11.3. The molecule has 1 atom stereocenters. The van der Waals surface area contributed by atoms with E-state index in [4.69, 9.17) is 22.7 Å². The van der Waals surface area contributed by atoms with Crippen LogP contribution in [0.25, 0.3) is 0 Å². The summed E-state index contributed by atoms with van der Waals surface area (Å²) in [5.41, 5.74) is 3.31. The van der Waals surface area contributed by atoms with Crippen molar-refractivity contribution in [1.82, 2.24) is 0 Å². The van der Waals surface area contributed by atoms with Crippen molar-refractivity contribution >= 4 is 30.8 Å². The molecule has 0 spiro atoms. The van der Waals surface area contributed by atoms with E-state index in [1.54, 1.807) is 0 Å². The van der Waals surface area contributed by atoms with Gasteiger partial charge in [0.1, 0.15) is 0 Å². The summed E-state index contributed by atoms with van der Waals surface area (Å²) in [7, 11) is -1.01. The summed E-state index contributed by atoms with van der Waals surface area (Å²) in [4.78, 5) is 0. The van der Waals surface area contributed by atoms with E-state index in [1.165, 1.54) is 5.54 Å². The molecule has 0 saturated carbocycles.